The Bertz CT molecular complexity index is 669. The zero-order valence-electron chi connectivity index (χ0n) is 11.9. The monoisotopic (exact) mass is 387 g/mol. The minimum absolute atomic E-state index is 0.267. The smallest absolute Gasteiger partial charge is 0.317 e. The zero-order chi connectivity index (χ0) is 15.6. The number of hydrogen-bond acceptors (Lipinski definition) is 4. The highest BCUT2D eigenvalue weighted by atomic mass is 79.9. The van der Waals surface area contributed by atoms with Gasteiger partial charge < -0.3 is 4.74 Å². The van der Waals surface area contributed by atoms with E-state index < -0.39 is 5.41 Å². The molecule has 0 radical (unpaired) electrons. The Balaban J connectivity index is 2.35. The van der Waals surface area contributed by atoms with Gasteiger partial charge in [-0.05, 0) is 39.0 Å². The van der Waals surface area contributed by atoms with Crippen LogP contribution in [0.25, 0.3) is 10.6 Å². The molecule has 6 heteroatoms. The Kier molecular flexibility index (Phi) is 5.07. The SMILES string of the molecule is CCOC(=O)C(C)(C)c1csc(-c2ccc(Cl)cc2Br)n1. The van der Waals surface area contributed by atoms with Crippen molar-refractivity contribution in [1.29, 1.82) is 0 Å². The zero-order valence-corrected chi connectivity index (χ0v) is 15.1. The van der Waals surface area contributed by atoms with E-state index in [-0.39, 0.29) is 5.97 Å². The van der Waals surface area contributed by atoms with Crippen LogP contribution in [0.1, 0.15) is 26.5 Å². The fourth-order valence-corrected chi connectivity index (χ4v) is 3.79. The molecule has 2 rings (SSSR count). The van der Waals surface area contributed by atoms with Gasteiger partial charge in [0.2, 0.25) is 0 Å². The lowest BCUT2D eigenvalue weighted by molar-refractivity contribution is -0.148. The lowest BCUT2D eigenvalue weighted by atomic mass is 9.90. The Hall–Kier alpha value is -0.910. The number of thiazole rings is 1. The lowest BCUT2D eigenvalue weighted by Gasteiger charge is -2.19. The highest BCUT2D eigenvalue weighted by molar-refractivity contribution is 9.10. The summed E-state index contributed by atoms with van der Waals surface area (Å²) in [6.07, 6.45) is 0. The molecule has 0 N–H and O–H groups in total. The summed E-state index contributed by atoms with van der Waals surface area (Å²) in [5.74, 6) is -0.267. The van der Waals surface area contributed by atoms with E-state index in [1.807, 2.05) is 37.4 Å². The number of ether oxygens (including phenoxy) is 1. The van der Waals surface area contributed by atoms with E-state index in [1.165, 1.54) is 11.3 Å². The van der Waals surface area contributed by atoms with Crippen molar-refractivity contribution in [3.05, 3.63) is 38.8 Å². The fraction of sp³-hybridized carbons (Fsp3) is 0.333. The predicted molar refractivity (Wildman–Crippen MR) is 89.9 cm³/mol. The second kappa shape index (κ2) is 6.46. The van der Waals surface area contributed by atoms with Gasteiger partial charge in [0.1, 0.15) is 10.4 Å². The quantitative estimate of drug-likeness (QED) is 0.687. The maximum Gasteiger partial charge on any atom is 0.317 e. The van der Waals surface area contributed by atoms with Crippen molar-refractivity contribution < 1.29 is 9.53 Å². The third kappa shape index (κ3) is 3.47. The van der Waals surface area contributed by atoms with E-state index in [4.69, 9.17) is 16.3 Å². The first-order chi connectivity index (χ1) is 9.86. The number of carbonyl (C=O) groups is 1. The predicted octanol–water partition coefficient (Wildman–Crippen LogP) is 5.07. The largest absolute Gasteiger partial charge is 0.465 e. The van der Waals surface area contributed by atoms with E-state index in [1.54, 1.807) is 6.92 Å². The molecular formula is C15H15BrClNO2S. The van der Waals surface area contributed by atoms with Crippen LogP contribution in [0.15, 0.2) is 28.1 Å². The van der Waals surface area contributed by atoms with Gasteiger partial charge >= 0.3 is 5.97 Å². The second-order valence-corrected chi connectivity index (χ2v) is 7.16. The van der Waals surface area contributed by atoms with Gasteiger partial charge in [-0.3, -0.25) is 4.79 Å². The Morgan fingerprint density at radius 2 is 2.19 bits per heavy atom. The molecule has 0 aliphatic carbocycles. The van der Waals surface area contributed by atoms with Crippen molar-refractivity contribution in [2.75, 3.05) is 6.61 Å². The third-order valence-corrected chi connectivity index (χ3v) is 4.86. The molecule has 1 heterocycles. The summed E-state index contributed by atoms with van der Waals surface area (Å²) in [4.78, 5) is 16.6. The van der Waals surface area contributed by atoms with E-state index >= 15 is 0 Å². The van der Waals surface area contributed by atoms with Gasteiger partial charge in [0.25, 0.3) is 0 Å². The fourth-order valence-electron chi connectivity index (χ4n) is 1.76. The van der Waals surface area contributed by atoms with Crippen molar-refractivity contribution in [2.45, 2.75) is 26.2 Å². The van der Waals surface area contributed by atoms with E-state index in [9.17, 15) is 4.79 Å². The number of hydrogen-bond donors (Lipinski definition) is 0. The first kappa shape index (κ1) is 16.5. The van der Waals surface area contributed by atoms with Gasteiger partial charge in [-0.1, -0.05) is 27.5 Å². The van der Waals surface area contributed by atoms with Gasteiger partial charge in [0.15, 0.2) is 0 Å². The maximum atomic E-state index is 12.0. The van der Waals surface area contributed by atoms with Crippen molar-refractivity contribution in [3.8, 4) is 10.6 Å². The van der Waals surface area contributed by atoms with Crippen LogP contribution in [0.3, 0.4) is 0 Å². The van der Waals surface area contributed by atoms with Crippen LogP contribution in [0, 0.1) is 0 Å². The number of aromatic nitrogens is 1. The molecule has 0 saturated heterocycles. The first-order valence-corrected chi connectivity index (χ1v) is 8.50. The molecule has 0 aliphatic heterocycles. The van der Waals surface area contributed by atoms with Gasteiger partial charge in [-0.25, -0.2) is 4.98 Å². The molecule has 0 bridgehead atoms. The molecule has 0 saturated carbocycles. The number of halogens is 2. The Morgan fingerprint density at radius 3 is 2.81 bits per heavy atom. The van der Waals surface area contributed by atoms with Crippen LogP contribution in [0.4, 0.5) is 0 Å². The molecule has 0 aliphatic rings. The maximum absolute atomic E-state index is 12.0. The first-order valence-electron chi connectivity index (χ1n) is 6.45. The summed E-state index contributed by atoms with van der Waals surface area (Å²) >= 11 is 10.9. The highest BCUT2D eigenvalue weighted by Crippen LogP contribution is 2.35. The van der Waals surface area contributed by atoms with Crippen LogP contribution >= 0.6 is 38.9 Å². The molecule has 0 amide bonds. The molecule has 1 aromatic carbocycles. The second-order valence-electron chi connectivity index (χ2n) is 5.01. The lowest BCUT2D eigenvalue weighted by Crippen LogP contribution is -2.31. The van der Waals surface area contributed by atoms with Crippen molar-refractivity contribution in [2.24, 2.45) is 0 Å². The summed E-state index contributed by atoms with van der Waals surface area (Å²) in [6.45, 7) is 5.80. The van der Waals surface area contributed by atoms with Gasteiger partial charge in [0, 0.05) is 20.4 Å². The molecular weight excluding hydrogens is 374 g/mol. The molecule has 0 fully saturated rings. The Morgan fingerprint density at radius 1 is 1.48 bits per heavy atom. The number of esters is 1. The van der Waals surface area contributed by atoms with Crippen LogP contribution in [-0.2, 0) is 14.9 Å². The van der Waals surface area contributed by atoms with Crippen LogP contribution in [0.5, 0.6) is 0 Å². The standard InChI is InChI=1S/C15H15BrClNO2S/c1-4-20-14(19)15(2,3)12-8-21-13(18-12)10-6-5-9(17)7-11(10)16/h5-8H,4H2,1-3H3. The number of rotatable bonds is 4. The summed E-state index contributed by atoms with van der Waals surface area (Å²) in [5, 5.41) is 3.40. The molecule has 3 nitrogen and oxygen atoms in total. The average molecular weight is 389 g/mol. The topological polar surface area (TPSA) is 39.2 Å². The van der Waals surface area contributed by atoms with Gasteiger partial charge in [0.05, 0.1) is 12.3 Å². The molecule has 1 aromatic heterocycles. The van der Waals surface area contributed by atoms with E-state index in [0.29, 0.717) is 17.3 Å². The van der Waals surface area contributed by atoms with Crippen molar-refractivity contribution >= 4 is 44.8 Å². The van der Waals surface area contributed by atoms with Crippen LogP contribution in [-0.4, -0.2) is 17.6 Å². The van der Waals surface area contributed by atoms with E-state index in [2.05, 4.69) is 20.9 Å². The number of nitrogens with zero attached hydrogens (tertiary/aromatic N) is 1. The minimum atomic E-state index is -0.760. The van der Waals surface area contributed by atoms with Crippen LogP contribution < -0.4 is 0 Å². The highest BCUT2D eigenvalue weighted by Gasteiger charge is 2.34. The number of carbonyl (C=O) groups excluding carboxylic acids is 1. The molecule has 0 unspecified atom stereocenters. The summed E-state index contributed by atoms with van der Waals surface area (Å²) in [5.41, 5.74) is 0.905. The average Bonchev–Trinajstić information content (AvgIpc) is 2.89. The molecule has 112 valence electrons. The van der Waals surface area contributed by atoms with Gasteiger partial charge in [-0.15, -0.1) is 11.3 Å². The Labute approximate surface area is 141 Å². The normalized spacial score (nSPS) is 11.5. The molecule has 0 spiro atoms. The molecule has 0 atom stereocenters. The summed E-state index contributed by atoms with van der Waals surface area (Å²) in [7, 11) is 0. The molecule has 2 aromatic rings. The van der Waals surface area contributed by atoms with E-state index in [0.717, 1.165) is 15.0 Å². The third-order valence-electron chi connectivity index (χ3n) is 3.09. The minimum Gasteiger partial charge on any atom is -0.465 e. The van der Waals surface area contributed by atoms with Crippen molar-refractivity contribution in [1.82, 2.24) is 4.98 Å². The van der Waals surface area contributed by atoms with Crippen LogP contribution in [0.2, 0.25) is 5.02 Å². The van der Waals surface area contributed by atoms with Gasteiger partial charge in [-0.2, -0.15) is 0 Å². The summed E-state index contributed by atoms with van der Waals surface area (Å²) < 4.78 is 5.99. The number of benzene rings is 1. The van der Waals surface area contributed by atoms with Crippen molar-refractivity contribution in [3.63, 3.8) is 0 Å². The summed E-state index contributed by atoms with van der Waals surface area (Å²) in [6, 6.07) is 5.56. The molecule has 21 heavy (non-hydrogen) atoms.